The average Bonchev–Trinajstić information content (AvgIpc) is 2.74. The van der Waals surface area contributed by atoms with Crippen molar-refractivity contribution in [3.63, 3.8) is 0 Å². The number of hydrogen-bond acceptors (Lipinski definition) is 5. The summed E-state index contributed by atoms with van der Waals surface area (Å²) in [5.41, 5.74) is 2.27. The molecule has 0 aromatic heterocycles. The number of para-hydroxylation sites is 1. The molecule has 6 nitrogen and oxygen atoms in total. The Balaban J connectivity index is 1.38. The van der Waals surface area contributed by atoms with Gasteiger partial charge in [-0.05, 0) is 29.8 Å². The molecule has 6 heteroatoms. The Kier molecular flexibility index (Phi) is 7.54. The van der Waals surface area contributed by atoms with Crippen LogP contribution in [-0.4, -0.2) is 64.8 Å². The number of methoxy groups -OCH3 is 2. The highest BCUT2D eigenvalue weighted by Crippen LogP contribution is 2.27. The molecule has 0 radical (unpaired) electrons. The molecule has 2 N–H and O–H groups in total. The number of aliphatic hydroxyl groups is 1. The molecule has 0 aliphatic carbocycles. The lowest BCUT2D eigenvalue weighted by atomic mass is 10.2. The summed E-state index contributed by atoms with van der Waals surface area (Å²) < 4.78 is 16.3. The Morgan fingerprint density at radius 3 is 2.39 bits per heavy atom. The van der Waals surface area contributed by atoms with Crippen LogP contribution in [-0.2, 0) is 11.3 Å². The van der Waals surface area contributed by atoms with Gasteiger partial charge in [-0.1, -0.05) is 24.3 Å². The minimum atomic E-state index is -0.460. The maximum absolute atomic E-state index is 10.3. The molecule has 0 unspecified atom stereocenters. The fraction of sp³-hybridized carbons (Fsp3) is 0.455. The van der Waals surface area contributed by atoms with Crippen molar-refractivity contribution < 1.29 is 24.2 Å². The number of nitrogens with one attached hydrogen (secondary N) is 1. The van der Waals surface area contributed by atoms with Crippen LogP contribution in [0.3, 0.4) is 0 Å². The quantitative estimate of drug-likeness (QED) is 0.672. The predicted octanol–water partition coefficient (Wildman–Crippen LogP) is 0.986. The first-order valence-corrected chi connectivity index (χ1v) is 9.80. The Hall–Kier alpha value is -2.28. The number of benzene rings is 2. The van der Waals surface area contributed by atoms with Gasteiger partial charge in [0.1, 0.15) is 12.6 Å². The zero-order valence-corrected chi connectivity index (χ0v) is 16.8. The summed E-state index contributed by atoms with van der Waals surface area (Å²) in [5, 5.41) is 10.3. The second-order valence-electron chi connectivity index (χ2n) is 7.14. The number of aliphatic hydroxyl groups excluding tert-OH is 1. The third-order valence-electron chi connectivity index (χ3n) is 5.14. The van der Waals surface area contributed by atoms with Crippen molar-refractivity contribution in [2.45, 2.75) is 12.7 Å². The van der Waals surface area contributed by atoms with Crippen molar-refractivity contribution in [1.82, 2.24) is 0 Å². The smallest absolute Gasteiger partial charge is 0.161 e. The number of anilines is 1. The van der Waals surface area contributed by atoms with Crippen LogP contribution in [0.2, 0.25) is 0 Å². The van der Waals surface area contributed by atoms with Gasteiger partial charge in [-0.25, -0.2) is 0 Å². The number of hydrogen-bond donors (Lipinski definition) is 2. The molecule has 0 spiro atoms. The van der Waals surface area contributed by atoms with Crippen molar-refractivity contribution in [3.05, 3.63) is 54.1 Å². The molecule has 3 rings (SSSR count). The summed E-state index contributed by atoms with van der Waals surface area (Å²) in [6.45, 7) is 5.57. The molecule has 1 atom stereocenters. The minimum Gasteiger partial charge on any atom is -0.493 e. The van der Waals surface area contributed by atoms with Crippen molar-refractivity contribution in [2.24, 2.45) is 0 Å². The molecular formula is C22H31N2O4+. The Morgan fingerprint density at radius 2 is 1.71 bits per heavy atom. The van der Waals surface area contributed by atoms with Gasteiger partial charge in [0, 0.05) is 5.69 Å². The number of ether oxygens (including phenoxy) is 3. The largest absolute Gasteiger partial charge is 0.493 e. The summed E-state index contributed by atoms with van der Waals surface area (Å²) in [6, 6.07) is 16.2. The third kappa shape index (κ3) is 5.61. The average molecular weight is 388 g/mol. The van der Waals surface area contributed by atoms with Crippen LogP contribution < -0.4 is 19.3 Å². The van der Waals surface area contributed by atoms with Gasteiger partial charge in [0.25, 0.3) is 0 Å². The van der Waals surface area contributed by atoms with Gasteiger partial charge in [-0.2, -0.15) is 0 Å². The van der Waals surface area contributed by atoms with Crippen LogP contribution in [0, 0.1) is 0 Å². The van der Waals surface area contributed by atoms with E-state index in [4.69, 9.17) is 14.2 Å². The second-order valence-corrected chi connectivity index (χ2v) is 7.14. The number of nitrogens with zero attached hydrogens (tertiary/aromatic N) is 1. The normalized spacial score (nSPS) is 16.0. The molecule has 28 heavy (non-hydrogen) atoms. The van der Waals surface area contributed by atoms with E-state index in [1.165, 1.54) is 10.6 Å². The molecular weight excluding hydrogens is 356 g/mol. The van der Waals surface area contributed by atoms with Gasteiger partial charge in [0.2, 0.25) is 0 Å². The van der Waals surface area contributed by atoms with Crippen molar-refractivity contribution >= 4 is 5.69 Å². The van der Waals surface area contributed by atoms with Gasteiger partial charge in [-0.3, -0.25) is 0 Å². The Morgan fingerprint density at radius 1 is 1.00 bits per heavy atom. The molecule has 2 aromatic rings. The van der Waals surface area contributed by atoms with E-state index < -0.39 is 6.10 Å². The highest BCUT2D eigenvalue weighted by atomic mass is 16.5. The molecule has 1 saturated heterocycles. The summed E-state index contributed by atoms with van der Waals surface area (Å²) in [5.74, 6) is 1.38. The van der Waals surface area contributed by atoms with E-state index in [1.54, 1.807) is 14.2 Å². The number of quaternary nitrogens is 1. The van der Waals surface area contributed by atoms with Crippen LogP contribution in [0.4, 0.5) is 5.69 Å². The van der Waals surface area contributed by atoms with E-state index in [1.807, 2.05) is 24.3 Å². The lowest BCUT2D eigenvalue weighted by Crippen LogP contribution is -3.16. The lowest BCUT2D eigenvalue weighted by Gasteiger charge is -2.34. The topological polar surface area (TPSA) is 55.6 Å². The maximum atomic E-state index is 10.3. The Labute approximate surface area is 167 Å². The summed E-state index contributed by atoms with van der Waals surface area (Å²) in [4.78, 5) is 3.83. The van der Waals surface area contributed by atoms with E-state index >= 15 is 0 Å². The Bertz CT molecular complexity index is 718. The van der Waals surface area contributed by atoms with Crippen LogP contribution in [0.5, 0.6) is 11.5 Å². The van der Waals surface area contributed by atoms with E-state index in [9.17, 15) is 5.11 Å². The van der Waals surface area contributed by atoms with E-state index in [0.717, 1.165) is 31.7 Å². The van der Waals surface area contributed by atoms with Crippen molar-refractivity contribution in [1.29, 1.82) is 0 Å². The first kappa shape index (κ1) is 20.5. The molecule has 0 amide bonds. The van der Waals surface area contributed by atoms with Crippen LogP contribution >= 0.6 is 0 Å². The molecule has 0 saturated carbocycles. The summed E-state index contributed by atoms with van der Waals surface area (Å²) >= 11 is 0. The fourth-order valence-corrected chi connectivity index (χ4v) is 3.60. The first-order chi connectivity index (χ1) is 13.7. The van der Waals surface area contributed by atoms with Gasteiger partial charge >= 0.3 is 0 Å². The van der Waals surface area contributed by atoms with Crippen LogP contribution in [0.25, 0.3) is 0 Å². The minimum absolute atomic E-state index is 0.334. The molecule has 1 aliphatic heterocycles. The molecule has 152 valence electrons. The van der Waals surface area contributed by atoms with E-state index in [-0.39, 0.29) is 0 Å². The molecule has 1 fully saturated rings. The predicted molar refractivity (Wildman–Crippen MR) is 109 cm³/mol. The van der Waals surface area contributed by atoms with E-state index in [0.29, 0.717) is 31.3 Å². The highest BCUT2D eigenvalue weighted by Gasteiger charge is 2.22. The standard InChI is InChI=1S/C22H30N2O4/c1-26-21-9-8-18(14-22(21)27-2)16-28-17-20(25)15-23-10-12-24(13-11-23)19-6-4-3-5-7-19/h3-9,14,20,25H,10-13,15-17H2,1-2H3/p+1/t20-/m0/s1. The molecule has 2 aromatic carbocycles. The van der Waals surface area contributed by atoms with Crippen molar-refractivity contribution in [3.8, 4) is 11.5 Å². The second kappa shape index (κ2) is 10.3. The van der Waals surface area contributed by atoms with E-state index in [2.05, 4.69) is 29.2 Å². The van der Waals surface area contributed by atoms with Gasteiger partial charge in [-0.15, -0.1) is 0 Å². The highest BCUT2D eigenvalue weighted by molar-refractivity contribution is 5.46. The van der Waals surface area contributed by atoms with Crippen molar-refractivity contribution in [2.75, 3.05) is 58.5 Å². The lowest BCUT2D eigenvalue weighted by molar-refractivity contribution is -0.903. The molecule has 1 aliphatic rings. The fourth-order valence-electron chi connectivity index (χ4n) is 3.60. The number of rotatable bonds is 9. The first-order valence-electron chi connectivity index (χ1n) is 9.80. The number of piperazine rings is 1. The SMILES string of the molecule is COc1ccc(COC[C@@H](O)C[NH+]2CCN(c3ccccc3)CC2)cc1OC. The zero-order chi connectivity index (χ0) is 19.8. The van der Waals surface area contributed by atoms with Crippen LogP contribution in [0.1, 0.15) is 5.56 Å². The van der Waals surface area contributed by atoms with Gasteiger partial charge in [0.05, 0.1) is 53.6 Å². The summed E-state index contributed by atoms with van der Waals surface area (Å²) in [7, 11) is 3.24. The third-order valence-corrected chi connectivity index (χ3v) is 5.14. The molecule has 1 heterocycles. The molecule has 0 bridgehead atoms. The van der Waals surface area contributed by atoms with Gasteiger partial charge in [0.15, 0.2) is 11.5 Å². The maximum Gasteiger partial charge on any atom is 0.161 e. The zero-order valence-electron chi connectivity index (χ0n) is 16.8. The van der Waals surface area contributed by atoms with Gasteiger partial charge < -0.3 is 29.1 Å². The monoisotopic (exact) mass is 387 g/mol. The summed E-state index contributed by atoms with van der Waals surface area (Å²) in [6.07, 6.45) is -0.460. The van der Waals surface area contributed by atoms with Crippen LogP contribution in [0.15, 0.2) is 48.5 Å².